The standard InChI is InChI=1S/C25H24ClF3N4OS/c1-13-9-19-22(35-13)11-20(31-19)24(34)30-15-4-6-16(7-5-15)33(2)21-12-23(25(27,28)29)32-18-8-3-14(26)10-17(18)21/h3,8-12,15-16,31H,4-7H2,1-2H3,(H,30,34)/t15-,16+. The van der Waals surface area contributed by atoms with Crippen molar-refractivity contribution < 1.29 is 18.0 Å². The largest absolute Gasteiger partial charge is 0.433 e. The van der Waals surface area contributed by atoms with Gasteiger partial charge in [0, 0.05) is 40.1 Å². The molecule has 10 heteroatoms. The van der Waals surface area contributed by atoms with Gasteiger partial charge in [0.25, 0.3) is 5.91 Å². The lowest BCUT2D eigenvalue weighted by Crippen LogP contribution is -2.43. The smallest absolute Gasteiger partial charge is 0.371 e. The molecule has 0 bridgehead atoms. The third-order valence-electron chi connectivity index (χ3n) is 6.67. The molecule has 0 atom stereocenters. The molecule has 1 aliphatic rings. The predicted octanol–water partition coefficient (Wildman–Crippen LogP) is 6.94. The molecule has 1 saturated carbocycles. The maximum atomic E-state index is 13.5. The molecular formula is C25H24ClF3N4OS. The Bertz CT molecular complexity index is 1370. The summed E-state index contributed by atoms with van der Waals surface area (Å²) in [6.07, 6.45) is -1.58. The monoisotopic (exact) mass is 520 g/mol. The van der Waals surface area contributed by atoms with Crippen molar-refractivity contribution in [2.24, 2.45) is 0 Å². The van der Waals surface area contributed by atoms with E-state index in [2.05, 4.69) is 15.3 Å². The molecule has 4 aromatic rings. The van der Waals surface area contributed by atoms with E-state index >= 15 is 0 Å². The van der Waals surface area contributed by atoms with Crippen LogP contribution in [-0.4, -0.2) is 35.0 Å². The van der Waals surface area contributed by atoms with Crippen molar-refractivity contribution in [2.75, 3.05) is 11.9 Å². The molecule has 0 aliphatic heterocycles. The fourth-order valence-electron chi connectivity index (χ4n) is 4.86. The summed E-state index contributed by atoms with van der Waals surface area (Å²) in [5, 5.41) is 4.14. The fourth-order valence-corrected chi connectivity index (χ4v) is 5.95. The van der Waals surface area contributed by atoms with Crippen molar-refractivity contribution in [1.82, 2.24) is 15.3 Å². The lowest BCUT2D eigenvalue weighted by Gasteiger charge is -2.37. The van der Waals surface area contributed by atoms with Crippen LogP contribution in [0, 0.1) is 6.92 Å². The Balaban J connectivity index is 1.29. The zero-order chi connectivity index (χ0) is 24.9. The summed E-state index contributed by atoms with van der Waals surface area (Å²) in [4.78, 5) is 22.8. The molecule has 0 radical (unpaired) electrons. The van der Waals surface area contributed by atoms with Crippen molar-refractivity contribution in [3.8, 4) is 0 Å². The topological polar surface area (TPSA) is 61.0 Å². The number of carbonyl (C=O) groups excluding carboxylic acids is 1. The van der Waals surface area contributed by atoms with E-state index in [1.54, 1.807) is 23.5 Å². The molecule has 35 heavy (non-hydrogen) atoms. The number of aromatic amines is 1. The average Bonchev–Trinajstić information content (AvgIpc) is 3.35. The molecular weight excluding hydrogens is 497 g/mol. The first-order chi connectivity index (χ1) is 16.6. The van der Waals surface area contributed by atoms with Crippen LogP contribution < -0.4 is 10.2 Å². The molecule has 1 aliphatic carbocycles. The number of nitrogens with zero attached hydrogens (tertiary/aromatic N) is 2. The molecule has 0 saturated heterocycles. The zero-order valence-corrected chi connectivity index (χ0v) is 20.7. The molecule has 1 aromatic carbocycles. The van der Waals surface area contributed by atoms with Gasteiger partial charge in [-0.05, 0) is 69.0 Å². The summed E-state index contributed by atoms with van der Waals surface area (Å²) in [6.45, 7) is 2.03. The Morgan fingerprint density at radius 2 is 1.91 bits per heavy atom. The maximum Gasteiger partial charge on any atom is 0.433 e. The number of H-pyrrole nitrogens is 1. The number of carbonyl (C=O) groups is 1. The number of anilines is 1. The quantitative estimate of drug-likeness (QED) is 0.306. The average molecular weight is 521 g/mol. The van der Waals surface area contributed by atoms with E-state index in [0.29, 0.717) is 21.8 Å². The number of halogens is 4. The highest BCUT2D eigenvalue weighted by atomic mass is 35.5. The van der Waals surface area contributed by atoms with Crippen LogP contribution in [0.3, 0.4) is 0 Å². The number of pyridine rings is 1. The second-order valence-electron chi connectivity index (χ2n) is 9.09. The van der Waals surface area contributed by atoms with Crippen molar-refractivity contribution in [3.63, 3.8) is 0 Å². The summed E-state index contributed by atoms with van der Waals surface area (Å²) in [5.41, 5.74) is 1.31. The van der Waals surface area contributed by atoms with E-state index in [4.69, 9.17) is 11.6 Å². The van der Waals surface area contributed by atoms with Crippen LogP contribution in [-0.2, 0) is 6.18 Å². The lowest BCUT2D eigenvalue weighted by atomic mass is 9.89. The fraction of sp³-hybridized carbons (Fsp3) is 0.360. The highest BCUT2D eigenvalue weighted by Crippen LogP contribution is 2.37. The van der Waals surface area contributed by atoms with Gasteiger partial charge in [-0.3, -0.25) is 4.79 Å². The van der Waals surface area contributed by atoms with Gasteiger partial charge in [0.2, 0.25) is 0 Å². The van der Waals surface area contributed by atoms with Crippen LogP contribution in [0.1, 0.15) is 46.7 Å². The minimum atomic E-state index is -4.55. The van der Waals surface area contributed by atoms with Crippen molar-refractivity contribution in [3.05, 3.63) is 57.7 Å². The first-order valence-electron chi connectivity index (χ1n) is 11.4. The zero-order valence-electron chi connectivity index (χ0n) is 19.2. The van der Waals surface area contributed by atoms with E-state index in [1.165, 1.54) is 10.9 Å². The van der Waals surface area contributed by atoms with Crippen LogP contribution in [0.15, 0.2) is 36.4 Å². The SMILES string of the molecule is Cc1cc2[nH]c(C(=O)N[C@H]3CC[C@@H](N(C)c4cc(C(F)(F)F)nc5ccc(Cl)cc45)CC3)cc2s1. The number of alkyl halides is 3. The number of aromatic nitrogens is 2. The molecule has 5 rings (SSSR count). The van der Waals surface area contributed by atoms with Crippen LogP contribution >= 0.6 is 22.9 Å². The highest BCUT2D eigenvalue weighted by Gasteiger charge is 2.35. The Hall–Kier alpha value is -2.78. The van der Waals surface area contributed by atoms with Gasteiger partial charge in [0.05, 0.1) is 15.7 Å². The first-order valence-corrected chi connectivity index (χ1v) is 12.6. The number of rotatable bonds is 4. The normalized spacial score (nSPS) is 18.8. The summed E-state index contributed by atoms with van der Waals surface area (Å²) in [5.74, 6) is -0.132. The van der Waals surface area contributed by atoms with Gasteiger partial charge in [-0.15, -0.1) is 11.3 Å². The first kappa shape index (κ1) is 23.9. The molecule has 5 nitrogen and oxygen atoms in total. The van der Waals surface area contributed by atoms with Crippen LogP contribution in [0.25, 0.3) is 21.1 Å². The summed E-state index contributed by atoms with van der Waals surface area (Å²) >= 11 is 7.79. The van der Waals surface area contributed by atoms with E-state index in [0.717, 1.165) is 42.0 Å². The number of amides is 1. The van der Waals surface area contributed by atoms with Crippen molar-refractivity contribution in [2.45, 2.75) is 50.9 Å². The Kier molecular flexibility index (Phi) is 6.17. The summed E-state index contributed by atoms with van der Waals surface area (Å²) in [7, 11) is 1.81. The molecule has 1 fully saturated rings. The second-order valence-corrected chi connectivity index (χ2v) is 10.8. The van der Waals surface area contributed by atoms with Crippen molar-refractivity contribution >= 4 is 55.7 Å². The van der Waals surface area contributed by atoms with E-state index in [-0.39, 0.29) is 23.5 Å². The molecule has 0 unspecified atom stereocenters. The summed E-state index contributed by atoms with van der Waals surface area (Å²) in [6, 6.07) is 9.77. The van der Waals surface area contributed by atoms with Gasteiger partial charge >= 0.3 is 6.18 Å². The molecule has 3 heterocycles. The molecule has 2 N–H and O–H groups in total. The van der Waals surface area contributed by atoms with Gasteiger partial charge in [-0.2, -0.15) is 13.2 Å². The van der Waals surface area contributed by atoms with Crippen LogP contribution in [0.4, 0.5) is 18.9 Å². The predicted molar refractivity (Wildman–Crippen MR) is 135 cm³/mol. The Labute approximate surface area is 209 Å². The van der Waals surface area contributed by atoms with Gasteiger partial charge < -0.3 is 15.2 Å². The van der Waals surface area contributed by atoms with Crippen LogP contribution in [0.5, 0.6) is 0 Å². The Morgan fingerprint density at radius 1 is 1.17 bits per heavy atom. The van der Waals surface area contributed by atoms with Crippen LogP contribution in [0.2, 0.25) is 5.02 Å². The molecule has 1 amide bonds. The number of nitrogens with one attached hydrogen (secondary N) is 2. The Morgan fingerprint density at radius 3 is 2.60 bits per heavy atom. The lowest BCUT2D eigenvalue weighted by molar-refractivity contribution is -0.140. The number of fused-ring (bicyclic) bond motifs is 2. The number of aryl methyl sites for hydroxylation is 1. The minimum absolute atomic E-state index is 0.0181. The van der Waals surface area contributed by atoms with Gasteiger partial charge in [0.15, 0.2) is 0 Å². The number of hydrogen-bond acceptors (Lipinski definition) is 4. The third-order valence-corrected chi connectivity index (χ3v) is 7.90. The number of thiophene rings is 1. The van der Waals surface area contributed by atoms with Crippen molar-refractivity contribution in [1.29, 1.82) is 0 Å². The van der Waals surface area contributed by atoms with E-state index in [1.807, 2.05) is 31.0 Å². The number of benzene rings is 1. The highest BCUT2D eigenvalue weighted by molar-refractivity contribution is 7.19. The second kappa shape index (κ2) is 9.02. The van der Waals surface area contributed by atoms with Gasteiger partial charge in [-0.25, -0.2) is 4.98 Å². The molecule has 3 aromatic heterocycles. The van der Waals surface area contributed by atoms with Gasteiger partial charge in [0.1, 0.15) is 11.4 Å². The molecule has 0 spiro atoms. The molecule has 184 valence electrons. The van der Waals surface area contributed by atoms with E-state index in [9.17, 15) is 18.0 Å². The minimum Gasteiger partial charge on any atom is -0.371 e. The maximum absolute atomic E-state index is 13.5. The van der Waals surface area contributed by atoms with Gasteiger partial charge in [-0.1, -0.05) is 11.6 Å². The van der Waals surface area contributed by atoms with E-state index < -0.39 is 11.9 Å². The third kappa shape index (κ3) is 4.84. The number of hydrogen-bond donors (Lipinski definition) is 2. The summed E-state index contributed by atoms with van der Waals surface area (Å²) < 4.78 is 41.6.